The lowest BCUT2D eigenvalue weighted by Gasteiger charge is -2.17. The van der Waals surface area contributed by atoms with E-state index in [9.17, 15) is 8.78 Å². The number of halogens is 3. The SMILES string of the molecule is NNC(Cc1cccc(F)c1)c1ccc(F)c(Cl)c1. The van der Waals surface area contributed by atoms with E-state index in [1.165, 1.54) is 24.3 Å². The molecule has 0 saturated heterocycles. The van der Waals surface area contributed by atoms with Crippen LogP contribution < -0.4 is 11.3 Å². The molecule has 2 rings (SSSR count). The van der Waals surface area contributed by atoms with Gasteiger partial charge in [-0.2, -0.15) is 0 Å². The van der Waals surface area contributed by atoms with Crippen LogP contribution >= 0.6 is 11.6 Å². The van der Waals surface area contributed by atoms with Crippen LogP contribution in [-0.4, -0.2) is 0 Å². The van der Waals surface area contributed by atoms with Crippen LogP contribution in [0.3, 0.4) is 0 Å². The third-order valence-corrected chi connectivity index (χ3v) is 3.17. The Kier molecular flexibility index (Phi) is 4.47. The maximum absolute atomic E-state index is 13.1. The summed E-state index contributed by atoms with van der Waals surface area (Å²) in [7, 11) is 0. The fraction of sp³-hybridized carbons (Fsp3) is 0.143. The number of hydrazine groups is 1. The van der Waals surface area contributed by atoms with E-state index >= 15 is 0 Å². The van der Waals surface area contributed by atoms with Crippen molar-refractivity contribution in [3.8, 4) is 0 Å². The minimum absolute atomic E-state index is 0.0389. The van der Waals surface area contributed by atoms with Gasteiger partial charge >= 0.3 is 0 Å². The molecule has 0 spiro atoms. The van der Waals surface area contributed by atoms with Gasteiger partial charge in [-0.05, 0) is 41.8 Å². The Bertz CT molecular complexity index is 575. The summed E-state index contributed by atoms with van der Waals surface area (Å²) in [5.74, 6) is 4.72. The highest BCUT2D eigenvalue weighted by atomic mass is 35.5. The zero-order valence-electron chi connectivity index (χ0n) is 10.0. The Morgan fingerprint density at radius 3 is 2.58 bits per heavy atom. The van der Waals surface area contributed by atoms with E-state index in [4.69, 9.17) is 17.4 Å². The summed E-state index contributed by atoms with van der Waals surface area (Å²) >= 11 is 5.74. The van der Waals surface area contributed by atoms with Gasteiger partial charge < -0.3 is 0 Å². The molecule has 0 bridgehead atoms. The molecule has 0 aliphatic carbocycles. The fourth-order valence-electron chi connectivity index (χ4n) is 1.90. The number of rotatable bonds is 4. The first-order valence-corrected chi connectivity index (χ1v) is 6.13. The second kappa shape index (κ2) is 6.10. The Labute approximate surface area is 115 Å². The predicted octanol–water partition coefficient (Wildman–Crippen LogP) is 3.37. The largest absolute Gasteiger partial charge is 0.271 e. The summed E-state index contributed by atoms with van der Waals surface area (Å²) in [5, 5.41) is 0.0389. The van der Waals surface area contributed by atoms with E-state index in [0.29, 0.717) is 6.42 Å². The van der Waals surface area contributed by atoms with Crippen LogP contribution in [0.4, 0.5) is 8.78 Å². The summed E-state index contributed by atoms with van der Waals surface area (Å²) in [4.78, 5) is 0. The molecule has 5 heteroatoms. The van der Waals surface area contributed by atoms with Crippen LogP contribution in [0.25, 0.3) is 0 Å². The molecule has 1 unspecified atom stereocenters. The lowest BCUT2D eigenvalue weighted by molar-refractivity contribution is 0.546. The van der Waals surface area contributed by atoms with Crippen molar-refractivity contribution in [1.82, 2.24) is 5.43 Å². The zero-order valence-corrected chi connectivity index (χ0v) is 10.8. The third-order valence-electron chi connectivity index (χ3n) is 2.88. The van der Waals surface area contributed by atoms with Crippen molar-refractivity contribution in [3.05, 3.63) is 70.2 Å². The molecule has 0 saturated carbocycles. The third kappa shape index (κ3) is 3.50. The number of nitrogens with one attached hydrogen (secondary N) is 1. The van der Waals surface area contributed by atoms with E-state index in [-0.39, 0.29) is 16.9 Å². The molecule has 2 nitrogen and oxygen atoms in total. The number of nitrogens with two attached hydrogens (primary N) is 1. The minimum atomic E-state index is -0.480. The topological polar surface area (TPSA) is 38.0 Å². The van der Waals surface area contributed by atoms with Crippen LogP contribution in [-0.2, 0) is 6.42 Å². The van der Waals surface area contributed by atoms with E-state index < -0.39 is 5.82 Å². The van der Waals surface area contributed by atoms with Gasteiger partial charge in [-0.15, -0.1) is 0 Å². The molecule has 1 atom stereocenters. The van der Waals surface area contributed by atoms with Crippen LogP contribution in [0.15, 0.2) is 42.5 Å². The van der Waals surface area contributed by atoms with Gasteiger partial charge in [0.25, 0.3) is 0 Å². The Hall–Kier alpha value is -1.49. The van der Waals surface area contributed by atoms with Crippen LogP contribution in [0.2, 0.25) is 5.02 Å². The summed E-state index contributed by atoms with van der Waals surface area (Å²) in [5.41, 5.74) is 4.17. The highest BCUT2D eigenvalue weighted by Crippen LogP contribution is 2.23. The highest BCUT2D eigenvalue weighted by Gasteiger charge is 2.12. The molecule has 0 radical (unpaired) electrons. The molecule has 19 heavy (non-hydrogen) atoms. The van der Waals surface area contributed by atoms with E-state index in [2.05, 4.69) is 5.43 Å². The van der Waals surface area contributed by atoms with Crippen molar-refractivity contribution in [3.63, 3.8) is 0 Å². The zero-order chi connectivity index (χ0) is 13.8. The second-order valence-electron chi connectivity index (χ2n) is 4.23. The second-order valence-corrected chi connectivity index (χ2v) is 4.63. The first-order chi connectivity index (χ1) is 9.10. The molecular weight excluding hydrogens is 270 g/mol. The summed E-state index contributed by atoms with van der Waals surface area (Å²) in [6.07, 6.45) is 0.482. The quantitative estimate of drug-likeness (QED) is 0.666. The number of benzene rings is 2. The maximum atomic E-state index is 13.1. The van der Waals surface area contributed by atoms with Crippen LogP contribution in [0.5, 0.6) is 0 Å². The molecule has 2 aromatic rings. The van der Waals surface area contributed by atoms with Crippen molar-refractivity contribution in [2.75, 3.05) is 0 Å². The Morgan fingerprint density at radius 2 is 1.95 bits per heavy atom. The van der Waals surface area contributed by atoms with Gasteiger partial charge in [-0.3, -0.25) is 11.3 Å². The molecule has 0 aromatic heterocycles. The maximum Gasteiger partial charge on any atom is 0.141 e. The molecule has 0 heterocycles. The van der Waals surface area contributed by atoms with Gasteiger partial charge in [-0.25, -0.2) is 8.78 Å². The van der Waals surface area contributed by atoms with Gasteiger partial charge in [0.15, 0.2) is 0 Å². The summed E-state index contributed by atoms with van der Waals surface area (Å²) < 4.78 is 26.2. The minimum Gasteiger partial charge on any atom is -0.271 e. The lowest BCUT2D eigenvalue weighted by atomic mass is 9.99. The molecule has 2 aromatic carbocycles. The van der Waals surface area contributed by atoms with Gasteiger partial charge in [0, 0.05) is 0 Å². The molecule has 0 aliphatic rings. The van der Waals surface area contributed by atoms with Crippen molar-refractivity contribution in [2.24, 2.45) is 5.84 Å². The summed E-state index contributed by atoms with van der Waals surface area (Å²) in [6, 6.07) is 10.4. The molecule has 3 N–H and O–H groups in total. The first-order valence-electron chi connectivity index (χ1n) is 5.75. The van der Waals surface area contributed by atoms with E-state index in [0.717, 1.165) is 11.1 Å². The normalized spacial score (nSPS) is 12.4. The molecule has 0 amide bonds. The van der Waals surface area contributed by atoms with Crippen LogP contribution in [0.1, 0.15) is 17.2 Å². The number of hydrogen-bond donors (Lipinski definition) is 2. The number of hydrogen-bond acceptors (Lipinski definition) is 2. The van der Waals surface area contributed by atoms with Crippen molar-refractivity contribution >= 4 is 11.6 Å². The first kappa shape index (κ1) is 13.9. The Balaban J connectivity index is 2.22. The van der Waals surface area contributed by atoms with Gasteiger partial charge in [0.1, 0.15) is 11.6 Å². The van der Waals surface area contributed by atoms with Crippen molar-refractivity contribution in [1.29, 1.82) is 0 Å². The van der Waals surface area contributed by atoms with E-state index in [1.54, 1.807) is 18.2 Å². The van der Waals surface area contributed by atoms with Crippen LogP contribution in [0, 0.1) is 11.6 Å². The average Bonchev–Trinajstić information content (AvgIpc) is 2.39. The van der Waals surface area contributed by atoms with Gasteiger partial charge in [0.05, 0.1) is 11.1 Å². The lowest BCUT2D eigenvalue weighted by Crippen LogP contribution is -2.29. The standard InChI is InChI=1S/C14H13ClF2N2/c15-12-8-10(4-5-13(12)17)14(19-18)7-9-2-1-3-11(16)6-9/h1-6,8,14,19H,7,18H2. The molecule has 100 valence electrons. The average molecular weight is 283 g/mol. The van der Waals surface area contributed by atoms with Crippen molar-refractivity contribution in [2.45, 2.75) is 12.5 Å². The van der Waals surface area contributed by atoms with Crippen molar-refractivity contribution < 1.29 is 8.78 Å². The summed E-state index contributed by atoms with van der Waals surface area (Å²) in [6.45, 7) is 0. The Morgan fingerprint density at radius 1 is 1.16 bits per heavy atom. The van der Waals surface area contributed by atoms with Gasteiger partial charge in [0.2, 0.25) is 0 Å². The molecular formula is C14H13ClF2N2. The predicted molar refractivity (Wildman–Crippen MR) is 71.6 cm³/mol. The van der Waals surface area contributed by atoms with E-state index in [1.807, 2.05) is 0 Å². The van der Waals surface area contributed by atoms with Gasteiger partial charge in [-0.1, -0.05) is 29.8 Å². The molecule has 0 aliphatic heterocycles. The smallest absolute Gasteiger partial charge is 0.141 e. The monoisotopic (exact) mass is 282 g/mol. The highest BCUT2D eigenvalue weighted by molar-refractivity contribution is 6.30. The molecule has 0 fully saturated rings. The fourth-order valence-corrected chi connectivity index (χ4v) is 2.09.